The van der Waals surface area contributed by atoms with Crippen molar-refractivity contribution in [3.63, 3.8) is 0 Å². The van der Waals surface area contributed by atoms with Crippen molar-refractivity contribution in [1.29, 1.82) is 0 Å². The Balaban J connectivity index is 2.31. The predicted octanol–water partition coefficient (Wildman–Crippen LogP) is -0.490. The Hall–Kier alpha value is -1.44. The normalized spacial score (nSPS) is 20.1. The number of rotatable bonds is 6. The summed E-state index contributed by atoms with van der Waals surface area (Å²) >= 11 is 1.79. The average Bonchev–Trinajstić information content (AvgIpc) is 2.77. The number of aliphatic carboxylic acids is 1. The van der Waals surface area contributed by atoms with Crippen LogP contribution in [0, 0.1) is 0 Å². The molecule has 1 aliphatic heterocycles. The van der Waals surface area contributed by atoms with Crippen molar-refractivity contribution < 1.29 is 19.5 Å². The van der Waals surface area contributed by atoms with Gasteiger partial charge in [0, 0.05) is 11.8 Å². The zero-order chi connectivity index (χ0) is 13.5. The van der Waals surface area contributed by atoms with E-state index in [1.807, 2.05) is 0 Å². The molecule has 102 valence electrons. The van der Waals surface area contributed by atoms with Crippen LogP contribution >= 0.6 is 11.8 Å². The van der Waals surface area contributed by atoms with Crippen LogP contribution in [0.25, 0.3) is 0 Å². The maximum Gasteiger partial charge on any atom is 0.326 e. The molecule has 1 unspecified atom stereocenters. The summed E-state index contributed by atoms with van der Waals surface area (Å²) in [6, 6.07) is -1.87. The minimum Gasteiger partial charge on any atom is -0.480 e. The number of amides is 3. The van der Waals surface area contributed by atoms with E-state index in [0.29, 0.717) is 11.8 Å². The van der Waals surface area contributed by atoms with Gasteiger partial charge in [0.25, 0.3) is 0 Å². The molecule has 7 nitrogen and oxygen atoms in total. The maximum atomic E-state index is 11.4. The fourth-order valence-corrected chi connectivity index (χ4v) is 2.82. The van der Waals surface area contributed by atoms with Gasteiger partial charge in [-0.3, -0.25) is 4.79 Å². The molecule has 1 heterocycles. The summed E-state index contributed by atoms with van der Waals surface area (Å²) in [6.45, 7) is 0.499. The largest absolute Gasteiger partial charge is 0.480 e. The van der Waals surface area contributed by atoms with E-state index in [4.69, 9.17) is 10.8 Å². The third-order valence-electron chi connectivity index (χ3n) is 2.52. The molecular formula is C10H17N3O4S. The molecule has 5 N–H and O–H groups in total. The molecule has 18 heavy (non-hydrogen) atoms. The number of primary amides is 1. The fourth-order valence-electron chi connectivity index (χ4n) is 1.62. The molecule has 1 aliphatic rings. The number of carboxylic acids is 1. The molecular weight excluding hydrogens is 258 g/mol. The molecule has 2 atom stereocenters. The number of nitrogens with two attached hydrogens (primary N) is 1. The second kappa shape index (κ2) is 7.10. The molecule has 0 bridgehead atoms. The molecule has 1 saturated heterocycles. The zero-order valence-electron chi connectivity index (χ0n) is 9.85. The molecule has 0 aromatic rings. The highest BCUT2D eigenvalue weighted by atomic mass is 32.2. The van der Waals surface area contributed by atoms with E-state index in [-0.39, 0.29) is 0 Å². The molecule has 0 aliphatic carbocycles. The summed E-state index contributed by atoms with van der Waals surface area (Å²) in [6.07, 6.45) is 1.77. The van der Waals surface area contributed by atoms with Crippen molar-refractivity contribution in [1.82, 2.24) is 10.6 Å². The van der Waals surface area contributed by atoms with Gasteiger partial charge in [-0.25, -0.2) is 9.59 Å². The Labute approximate surface area is 109 Å². The Kier molecular flexibility index (Phi) is 5.76. The molecule has 0 saturated carbocycles. The van der Waals surface area contributed by atoms with Gasteiger partial charge in [-0.1, -0.05) is 0 Å². The highest BCUT2D eigenvalue weighted by Crippen LogP contribution is 2.25. The van der Waals surface area contributed by atoms with Crippen molar-refractivity contribution in [3.8, 4) is 0 Å². The summed E-state index contributed by atoms with van der Waals surface area (Å²) in [5.41, 5.74) is 4.90. The van der Waals surface area contributed by atoms with E-state index in [1.165, 1.54) is 0 Å². The van der Waals surface area contributed by atoms with Gasteiger partial charge in [-0.15, -0.1) is 0 Å². The number of hydrogen-bond donors (Lipinski definition) is 4. The van der Waals surface area contributed by atoms with Gasteiger partial charge in [-0.05, 0) is 18.6 Å². The fraction of sp³-hybridized carbons (Fsp3) is 0.700. The monoisotopic (exact) mass is 275 g/mol. The standard InChI is InChI=1S/C10H17N3O4S/c11-8(14)4-7(9(15)16)13-10(17)12-5-6-2-1-3-18-6/h6-7H,1-5H2,(H2,11,14)(H,15,16)(H2,12,13,17)/t6?,7-/m0/s1. The van der Waals surface area contributed by atoms with Crippen LogP contribution in [-0.2, 0) is 9.59 Å². The first-order chi connectivity index (χ1) is 8.49. The topological polar surface area (TPSA) is 122 Å². The van der Waals surface area contributed by atoms with Crippen LogP contribution in [0.1, 0.15) is 19.3 Å². The van der Waals surface area contributed by atoms with Crippen LogP contribution in [0.5, 0.6) is 0 Å². The van der Waals surface area contributed by atoms with Crippen LogP contribution in [0.4, 0.5) is 4.79 Å². The lowest BCUT2D eigenvalue weighted by atomic mass is 10.2. The number of carboxylic acid groups (broad SMARTS) is 1. The Morgan fingerprint density at radius 2 is 2.17 bits per heavy atom. The lowest BCUT2D eigenvalue weighted by Gasteiger charge is -2.15. The van der Waals surface area contributed by atoms with E-state index in [1.54, 1.807) is 11.8 Å². The molecule has 1 rings (SSSR count). The third-order valence-corrected chi connectivity index (χ3v) is 3.92. The van der Waals surface area contributed by atoms with Crippen LogP contribution in [0.2, 0.25) is 0 Å². The van der Waals surface area contributed by atoms with Crippen molar-refractivity contribution >= 4 is 29.7 Å². The summed E-state index contributed by atoms with van der Waals surface area (Å²) in [5.74, 6) is -0.957. The lowest BCUT2D eigenvalue weighted by Crippen LogP contribution is -2.48. The SMILES string of the molecule is NC(=O)C[C@H](NC(=O)NCC1CCCS1)C(=O)O. The first-order valence-corrected chi connectivity index (χ1v) is 6.71. The zero-order valence-corrected chi connectivity index (χ0v) is 10.7. The van der Waals surface area contributed by atoms with Gasteiger partial charge in [-0.2, -0.15) is 11.8 Å². The number of nitrogens with one attached hydrogen (secondary N) is 2. The number of carbonyl (C=O) groups excluding carboxylic acids is 2. The van der Waals surface area contributed by atoms with Gasteiger partial charge in [0.05, 0.1) is 6.42 Å². The smallest absolute Gasteiger partial charge is 0.326 e. The van der Waals surface area contributed by atoms with Gasteiger partial charge in [0.1, 0.15) is 6.04 Å². The van der Waals surface area contributed by atoms with E-state index >= 15 is 0 Å². The first kappa shape index (κ1) is 14.6. The number of hydrogen-bond acceptors (Lipinski definition) is 4. The van der Waals surface area contributed by atoms with E-state index in [2.05, 4.69) is 10.6 Å². The molecule has 8 heteroatoms. The van der Waals surface area contributed by atoms with Crippen molar-refractivity contribution in [2.45, 2.75) is 30.6 Å². The highest BCUT2D eigenvalue weighted by Gasteiger charge is 2.23. The van der Waals surface area contributed by atoms with Crippen molar-refractivity contribution in [2.75, 3.05) is 12.3 Å². The van der Waals surface area contributed by atoms with Gasteiger partial charge >= 0.3 is 12.0 Å². The summed E-state index contributed by atoms with van der Waals surface area (Å²) < 4.78 is 0. The van der Waals surface area contributed by atoms with Crippen LogP contribution < -0.4 is 16.4 Å². The lowest BCUT2D eigenvalue weighted by molar-refractivity contribution is -0.140. The Bertz CT molecular complexity index is 331. The van der Waals surface area contributed by atoms with Crippen LogP contribution in [0.3, 0.4) is 0 Å². The van der Waals surface area contributed by atoms with E-state index < -0.39 is 30.4 Å². The number of carbonyl (C=O) groups is 3. The maximum absolute atomic E-state index is 11.4. The van der Waals surface area contributed by atoms with Crippen molar-refractivity contribution in [2.24, 2.45) is 5.73 Å². The molecule has 0 spiro atoms. The highest BCUT2D eigenvalue weighted by molar-refractivity contribution is 8.00. The first-order valence-electron chi connectivity index (χ1n) is 5.66. The van der Waals surface area contributed by atoms with E-state index in [9.17, 15) is 14.4 Å². The van der Waals surface area contributed by atoms with Crippen molar-refractivity contribution in [3.05, 3.63) is 0 Å². The molecule has 0 radical (unpaired) electrons. The molecule has 0 aromatic carbocycles. The third kappa shape index (κ3) is 5.26. The summed E-state index contributed by atoms with van der Waals surface area (Å²) in [7, 11) is 0. The van der Waals surface area contributed by atoms with Crippen LogP contribution in [-0.4, -0.2) is 46.6 Å². The molecule has 3 amide bonds. The number of urea groups is 1. The van der Waals surface area contributed by atoms with Gasteiger partial charge in [0.2, 0.25) is 5.91 Å². The second-order valence-electron chi connectivity index (χ2n) is 4.05. The average molecular weight is 275 g/mol. The number of thioether (sulfide) groups is 1. The van der Waals surface area contributed by atoms with Crippen LogP contribution in [0.15, 0.2) is 0 Å². The summed E-state index contributed by atoms with van der Waals surface area (Å²) in [5, 5.41) is 14.0. The Morgan fingerprint density at radius 3 is 2.67 bits per heavy atom. The quantitative estimate of drug-likeness (QED) is 0.521. The molecule has 1 fully saturated rings. The van der Waals surface area contributed by atoms with Gasteiger partial charge in [0.15, 0.2) is 0 Å². The predicted molar refractivity (Wildman–Crippen MR) is 67.2 cm³/mol. The van der Waals surface area contributed by atoms with E-state index in [0.717, 1.165) is 18.6 Å². The van der Waals surface area contributed by atoms with Gasteiger partial charge < -0.3 is 21.5 Å². The minimum atomic E-state index is -1.28. The second-order valence-corrected chi connectivity index (χ2v) is 5.46. The summed E-state index contributed by atoms with van der Waals surface area (Å²) in [4.78, 5) is 32.9. The Morgan fingerprint density at radius 1 is 1.44 bits per heavy atom. The minimum absolute atomic E-state index is 0.384. The molecule has 0 aromatic heterocycles.